The second kappa shape index (κ2) is 8.27. The molecule has 1 aromatic carbocycles. The lowest BCUT2D eigenvalue weighted by Gasteiger charge is -2.35. The van der Waals surface area contributed by atoms with E-state index in [9.17, 15) is 9.90 Å². The molecule has 1 atom stereocenters. The number of phenolic OH excluding ortho intramolecular Hbond substituents is 1. The minimum atomic E-state index is -0.458. The average molecular weight is 389 g/mol. The smallest absolute Gasteiger partial charge is 0.333 e. The minimum absolute atomic E-state index is 0.0152. The fourth-order valence-electron chi connectivity index (χ4n) is 4.48. The number of hydrogen-bond donors (Lipinski definition) is 1. The van der Waals surface area contributed by atoms with Gasteiger partial charge in [-0.2, -0.15) is 0 Å². The van der Waals surface area contributed by atoms with Gasteiger partial charge in [-0.05, 0) is 39.9 Å². The SMILES string of the molecule is Cc1c(OCCN2CCCCC2)cc(O)c2c1C(N1CCN(C)CC1)C(=O)O2. The first-order valence-electron chi connectivity index (χ1n) is 10.4. The number of esters is 1. The zero-order valence-electron chi connectivity index (χ0n) is 16.9. The largest absolute Gasteiger partial charge is 0.504 e. The number of carbonyl (C=O) groups excluding carboxylic acids is 1. The molecule has 1 unspecified atom stereocenters. The van der Waals surface area contributed by atoms with Crippen LogP contribution in [0.5, 0.6) is 17.2 Å². The Labute approximate surface area is 166 Å². The monoisotopic (exact) mass is 389 g/mol. The lowest BCUT2D eigenvalue weighted by atomic mass is 9.98. The van der Waals surface area contributed by atoms with Crippen molar-refractivity contribution >= 4 is 5.97 Å². The number of likely N-dealkylation sites (N-methyl/N-ethyl adjacent to an activating group) is 1. The number of aromatic hydroxyl groups is 1. The van der Waals surface area contributed by atoms with Crippen molar-refractivity contribution in [2.24, 2.45) is 0 Å². The highest BCUT2D eigenvalue weighted by atomic mass is 16.5. The van der Waals surface area contributed by atoms with Crippen molar-refractivity contribution in [1.29, 1.82) is 0 Å². The molecule has 28 heavy (non-hydrogen) atoms. The van der Waals surface area contributed by atoms with Gasteiger partial charge < -0.3 is 19.5 Å². The second-order valence-corrected chi connectivity index (χ2v) is 8.18. The van der Waals surface area contributed by atoms with Gasteiger partial charge in [0.05, 0.1) is 0 Å². The highest BCUT2D eigenvalue weighted by Gasteiger charge is 2.42. The third-order valence-electron chi connectivity index (χ3n) is 6.23. The van der Waals surface area contributed by atoms with Gasteiger partial charge in [0.25, 0.3) is 0 Å². The van der Waals surface area contributed by atoms with Gasteiger partial charge in [0.1, 0.15) is 18.4 Å². The van der Waals surface area contributed by atoms with Crippen LogP contribution in [0.15, 0.2) is 6.07 Å². The molecule has 1 aromatic rings. The van der Waals surface area contributed by atoms with Crippen molar-refractivity contribution in [1.82, 2.24) is 14.7 Å². The summed E-state index contributed by atoms with van der Waals surface area (Å²) in [5, 5.41) is 10.5. The Kier molecular flexibility index (Phi) is 5.75. The van der Waals surface area contributed by atoms with E-state index in [0.717, 1.165) is 56.9 Å². The summed E-state index contributed by atoms with van der Waals surface area (Å²) in [6, 6.07) is 1.13. The summed E-state index contributed by atoms with van der Waals surface area (Å²) in [6.07, 6.45) is 3.83. The van der Waals surface area contributed by atoms with Crippen LogP contribution in [0.1, 0.15) is 36.4 Å². The third kappa shape index (κ3) is 3.83. The molecular weight excluding hydrogens is 358 g/mol. The number of phenols is 1. The molecule has 3 aliphatic heterocycles. The van der Waals surface area contributed by atoms with Crippen LogP contribution in [-0.2, 0) is 4.79 Å². The Morgan fingerprint density at radius 1 is 1.14 bits per heavy atom. The van der Waals surface area contributed by atoms with E-state index in [1.807, 2.05) is 6.92 Å². The fraction of sp³-hybridized carbons (Fsp3) is 0.667. The summed E-state index contributed by atoms with van der Waals surface area (Å²) >= 11 is 0. The van der Waals surface area contributed by atoms with Gasteiger partial charge in [0.15, 0.2) is 11.5 Å². The number of hydrogen-bond acceptors (Lipinski definition) is 7. The maximum Gasteiger partial charge on any atom is 0.333 e. The van der Waals surface area contributed by atoms with E-state index in [-0.39, 0.29) is 11.7 Å². The van der Waals surface area contributed by atoms with Gasteiger partial charge in [-0.15, -0.1) is 0 Å². The summed E-state index contributed by atoms with van der Waals surface area (Å²) in [7, 11) is 2.09. The number of benzene rings is 1. The van der Waals surface area contributed by atoms with E-state index in [1.165, 1.54) is 19.3 Å². The number of carbonyl (C=O) groups is 1. The molecule has 0 amide bonds. The maximum atomic E-state index is 12.6. The predicted molar refractivity (Wildman–Crippen MR) is 106 cm³/mol. The number of ether oxygens (including phenoxy) is 2. The molecule has 3 aliphatic rings. The Balaban J connectivity index is 1.51. The molecule has 0 saturated carbocycles. The van der Waals surface area contributed by atoms with E-state index < -0.39 is 6.04 Å². The predicted octanol–water partition coefficient (Wildman–Crippen LogP) is 1.77. The van der Waals surface area contributed by atoms with E-state index in [1.54, 1.807) is 6.07 Å². The topological polar surface area (TPSA) is 65.5 Å². The molecule has 0 bridgehead atoms. The molecular formula is C21H31N3O4. The van der Waals surface area contributed by atoms with Crippen molar-refractivity contribution in [3.63, 3.8) is 0 Å². The maximum absolute atomic E-state index is 12.6. The summed E-state index contributed by atoms with van der Waals surface area (Å²) < 4.78 is 11.5. The Bertz CT molecular complexity index is 725. The zero-order chi connectivity index (χ0) is 19.7. The van der Waals surface area contributed by atoms with E-state index >= 15 is 0 Å². The van der Waals surface area contributed by atoms with Crippen molar-refractivity contribution < 1.29 is 19.4 Å². The highest BCUT2D eigenvalue weighted by molar-refractivity contribution is 5.88. The number of piperidine rings is 1. The van der Waals surface area contributed by atoms with Crippen LogP contribution in [0.25, 0.3) is 0 Å². The van der Waals surface area contributed by atoms with Gasteiger partial charge in [0.2, 0.25) is 0 Å². The molecule has 7 nitrogen and oxygen atoms in total. The van der Waals surface area contributed by atoms with Crippen LogP contribution in [0.2, 0.25) is 0 Å². The number of rotatable bonds is 5. The molecule has 0 spiro atoms. The van der Waals surface area contributed by atoms with Crippen molar-refractivity contribution in [2.45, 2.75) is 32.2 Å². The normalized spacial score (nSPS) is 24.2. The Morgan fingerprint density at radius 2 is 1.86 bits per heavy atom. The molecule has 0 aromatic heterocycles. The standard InChI is InChI=1S/C21H31N3O4/c1-15-17(27-13-12-23-6-4-3-5-7-23)14-16(25)20-18(15)19(21(26)28-20)24-10-8-22(2)9-11-24/h14,19,25H,3-13H2,1-2H3. The Hall–Kier alpha value is -1.83. The molecule has 0 radical (unpaired) electrons. The summed E-state index contributed by atoms with van der Waals surface area (Å²) in [4.78, 5) is 19.4. The average Bonchev–Trinajstić information content (AvgIpc) is 3.05. The summed E-state index contributed by atoms with van der Waals surface area (Å²) in [6.45, 7) is 9.11. The fourth-order valence-corrected chi connectivity index (χ4v) is 4.48. The number of piperazine rings is 1. The van der Waals surface area contributed by atoms with E-state index in [0.29, 0.717) is 18.1 Å². The molecule has 1 N–H and O–H groups in total. The lowest BCUT2D eigenvalue weighted by molar-refractivity contribution is -0.138. The molecule has 7 heteroatoms. The molecule has 4 rings (SSSR count). The van der Waals surface area contributed by atoms with Crippen LogP contribution in [0.3, 0.4) is 0 Å². The van der Waals surface area contributed by atoms with Gasteiger partial charge in [-0.1, -0.05) is 6.42 Å². The van der Waals surface area contributed by atoms with E-state index in [2.05, 4.69) is 21.7 Å². The first kappa shape index (κ1) is 19.5. The molecule has 154 valence electrons. The third-order valence-corrected chi connectivity index (χ3v) is 6.23. The van der Waals surface area contributed by atoms with Gasteiger partial charge in [-0.25, -0.2) is 4.79 Å². The lowest BCUT2D eigenvalue weighted by Crippen LogP contribution is -2.47. The summed E-state index contributed by atoms with van der Waals surface area (Å²) in [5.74, 6) is 0.627. The van der Waals surface area contributed by atoms with Crippen LogP contribution >= 0.6 is 0 Å². The molecule has 2 fully saturated rings. The Morgan fingerprint density at radius 3 is 2.57 bits per heavy atom. The van der Waals surface area contributed by atoms with Crippen LogP contribution in [-0.4, -0.2) is 85.2 Å². The summed E-state index contributed by atoms with van der Waals surface area (Å²) in [5.41, 5.74) is 1.66. The van der Waals surface area contributed by atoms with Gasteiger partial charge in [-0.3, -0.25) is 9.80 Å². The van der Waals surface area contributed by atoms with Gasteiger partial charge >= 0.3 is 5.97 Å². The van der Waals surface area contributed by atoms with Crippen molar-refractivity contribution in [2.75, 3.05) is 59.5 Å². The number of likely N-dealkylation sites (tertiary alicyclic amines) is 1. The number of nitrogens with zero attached hydrogens (tertiary/aromatic N) is 3. The van der Waals surface area contributed by atoms with Crippen molar-refractivity contribution in [3.8, 4) is 17.2 Å². The first-order valence-corrected chi connectivity index (χ1v) is 10.4. The first-order chi connectivity index (χ1) is 13.5. The second-order valence-electron chi connectivity index (χ2n) is 8.18. The van der Waals surface area contributed by atoms with Crippen LogP contribution in [0, 0.1) is 6.92 Å². The zero-order valence-corrected chi connectivity index (χ0v) is 16.9. The molecule has 2 saturated heterocycles. The van der Waals surface area contributed by atoms with Crippen molar-refractivity contribution in [3.05, 3.63) is 17.2 Å². The minimum Gasteiger partial charge on any atom is -0.504 e. The number of fused-ring (bicyclic) bond motifs is 1. The van der Waals surface area contributed by atoms with Crippen LogP contribution < -0.4 is 9.47 Å². The van der Waals surface area contributed by atoms with E-state index in [4.69, 9.17) is 9.47 Å². The highest BCUT2D eigenvalue weighted by Crippen LogP contribution is 2.48. The quantitative estimate of drug-likeness (QED) is 0.608. The van der Waals surface area contributed by atoms with Gasteiger partial charge in [0, 0.05) is 49.9 Å². The molecule has 0 aliphatic carbocycles. The van der Waals surface area contributed by atoms with Crippen LogP contribution in [0.4, 0.5) is 0 Å². The molecule has 3 heterocycles.